The van der Waals surface area contributed by atoms with Crippen LogP contribution in [0, 0.1) is 0 Å². The van der Waals surface area contributed by atoms with Crippen LogP contribution in [0.3, 0.4) is 0 Å². The summed E-state index contributed by atoms with van der Waals surface area (Å²) in [5.74, 6) is -0.0794. The SMILES string of the molecule is C=CCc1occ(O)c1O. The topological polar surface area (TPSA) is 53.6 Å². The zero-order valence-corrected chi connectivity index (χ0v) is 5.37. The number of hydrogen-bond acceptors (Lipinski definition) is 3. The van der Waals surface area contributed by atoms with Gasteiger partial charge in [0.15, 0.2) is 17.3 Å². The lowest BCUT2D eigenvalue weighted by atomic mass is 10.3. The maximum Gasteiger partial charge on any atom is 0.200 e. The monoisotopic (exact) mass is 140 g/mol. The molecular weight excluding hydrogens is 132 g/mol. The van der Waals surface area contributed by atoms with Crippen LogP contribution < -0.4 is 0 Å². The van der Waals surface area contributed by atoms with Crippen molar-refractivity contribution in [2.45, 2.75) is 6.42 Å². The summed E-state index contributed by atoms with van der Waals surface area (Å²) in [6, 6.07) is 0. The zero-order valence-electron chi connectivity index (χ0n) is 5.37. The van der Waals surface area contributed by atoms with Crippen molar-refractivity contribution in [3.05, 3.63) is 24.7 Å². The van der Waals surface area contributed by atoms with Gasteiger partial charge in [0.1, 0.15) is 6.26 Å². The van der Waals surface area contributed by atoms with Gasteiger partial charge < -0.3 is 14.6 Å². The first kappa shape index (κ1) is 6.74. The van der Waals surface area contributed by atoms with Gasteiger partial charge in [-0.1, -0.05) is 6.08 Å². The highest BCUT2D eigenvalue weighted by Crippen LogP contribution is 2.30. The molecule has 10 heavy (non-hydrogen) atoms. The fourth-order valence-corrected chi connectivity index (χ4v) is 0.657. The van der Waals surface area contributed by atoms with Gasteiger partial charge in [-0.05, 0) is 0 Å². The molecule has 0 unspecified atom stereocenters. The summed E-state index contributed by atoms with van der Waals surface area (Å²) in [7, 11) is 0. The van der Waals surface area contributed by atoms with Crippen molar-refractivity contribution in [2.75, 3.05) is 0 Å². The van der Waals surface area contributed by atoms with E-state index < -0.39 is 0 Å². The first-order valence-corrected chi connectivity index (χ1v) is 2.85. The summed E-state index contributed by atoms with van der Waals surface area (Å²) in [5.41, 5.74) is 0. The van der Waals surface area contributed by atoms with E-state index in [1.165, 1.54) is 0 Å². The lowest BCUT2D eigenvalue weighted by Gasteiger charge is -1.88. The number of rotatable bonds is 2. The summed E-state index contributed by atoms with van der Waals surface area (Å²) in [6.45, 7) is 3.45. The maximum atomic E-state index is 8.98. The lowest BCUT2D eigenvalue weighted by Crippen LogP contribution is -1.73. The summed E-state index contributed by atoms with van der Waals surface area (Å²) < 4.78 is 4.76. The summed E-state index contributed by atoms with van der Waals surface area (Å²) >= 11 is 0. The number of allylic oxidation sites excluding steroid dienone is 1. The first-order chi connectivity index (χ1) is 4.75. The van der Waals surface area contributed by atoms with Crippen LogP contribution in [0.1, 0.15) is 5.76 Å². The van der Waals surface area contributed by atoms with Crippen molar-refractivity contribution >= 4 is 0 Å². The van der Waals surface area contributed by atoms with Crippen molar-refractivity contribution in [1.82, 2.24) is 0 Å². The van der Waals surface area contributed by atoms with Crippen molar-refractivity contribution in [3.63, 3.8) is 0 Å². The third-order valence-corrected chi connectivity index (χ3v) is 1.15. The Bertz CT molecular complexity index is 237. The average Bonchev–Trinajstić information content (AvgIpc) is 2.20. The Kier molecular flexibility index (Phi) is 1.67. The van der Waals surface area contributed by atoms with Crippen LogP contribution in [0.15, 0.2) is 23.3 Å². The van der Waals surface area contributed by atoms with E-state index in [0.717, 1.165) is 6.26 Å². The predicted octanol–water partition coefficient (Wildman–Crippen LogP) is 1.42. The third kappa shape index (κ3) is 0.978. The molecule has 1 heterocycles. The Balaban J connectivity index is 2.93. The second-order valence-corrected chi connectivity index (χ2v) is 1.89. The summed E-state index contributed by atoms with van der Waals surface area (Å²) in [4.78, 5) is 0. The maximum absolute atomic E-state index is 8.98. The van der Waals surface area contributed by atoms with Crippen molar-refractivity contribution in [3.8, 4) is 11.5 Å². The van der Waals surface area contributed by atoms with Gasteiger partial charge >= 0.3 is 0 Å². The summed E-state index contributed by atoms with van der Waals surface area (Å²) in [5, 5.41) is 17.8. The predicted molar refractivity (Wildman–Crippen MR) is 35.9 cm³/mol. The zero-order chi connectivity index (χ0) is 7.56. The number of hydrogen-bond donors (Lipinski definition) is 2. The Morgan fingerprint density at radius 3 is 2.70 bits per heavy atom. The minimum atomic E-state index is -0.225. The molecule has 54 valence electrons. The van der Waals surface area contributed by atoms with E-state index in [1.54, 1.807) is 6.08 Å². The quantitative estimate of drug-likeness (QED) is 0.611. The molecule has 0 aromatic carbocycles. The molecule has 1 aromatic rings. The molecule has 0 amide bonds. The van der Waals surface area contributed by atoms with Crippen LogP contribution in [0.5, 0.6) is 11.5 Å². The molecule has 0 aliphatic carbocycles. The van der Waals surface area contributed by atoms with Crippen LogP contribution in [-0.4, -0.2) is 10.2 Å². The molecule has 0 aliphatic rings. The third-order valence-electron chi connectivity index (χ3n) is 1.15. The molecule has 0 saturated carbocycles. The molecule has 0 radical (unpaired) electrons. The van der Waals surface area contributed by atoms with Gasteiger partial charge in [-0.25, -0.2) is 0 Å². The highest BCUT2D eigenvalue weighted by Gasteiger charge is 2.08. The van der Waals surface area contributed by atoms with Gasteiger partial charge in [-0.3, -0.25) is 0 Å². The second-order valence-electron chi connectivity index (χ2n) is 1.89. The Morgan fingerprint density at radius 1 is 1.60 bits per heavy atom. The van der Waals surface area contributed by atoms with Crippen molar-refractivity contribution in [2.24, 2.45) is 0 Å². The van der Waals surface area contributed by atoms with E-state index in [2.05, 4.69) is 6.58 Å². The van der Waals surface area contributed by atoms with E-state index in [0.29, 0.717) is 12.2 Å². The van der Waals surface area contributed by atoms with Crippen LogP contribution in [0.2, 0.25) is 0 Å². The second kappa shape index (κ2) is 2.47. The van der Waals surface area contributed by atoms with Gasteiger partial charge in [0.25, 0.3) is 0 Å². The van der Waals surface area contributed by atoms with Gasteiger partial charge in [0, 0.05) is 6.42 Å². The Hall–Kier alpha value is -1.38. The molecule has 3 nitrogen and oxygen atoms in total. The Labute approximate surface area is 58.2 Å². The lowest BCUT2D eigenvalue weighted by molar-refractivity contribution is 0.404. The fraction of sp³-hybridized carbons (Fsp3) is 0.143. The molecule has 3 heteroatoms. The molecule has 2 N–H and O–H groups in total. The van der Waals surface area contributed by atoms with E-state index in [9.17, 15) is 0 Å². The van der Waals surface area contributed by atoms with Crippen molar-refractivity contribution < 1.29 is 14.6 Å². The van der Waals surface area contributed by atoms with Gasteiger partial charge in [-0.15, -0.1) is 6.58 Å². The average molecular weight is 140 g/mol. The largest absolute Gasteiger partial charge is 0.502 e. The van der Waals surface area contributed by atoms with E-state index >= 15 is 0 Å². The minimum absolute atomic E-state index is 0.195. The Morgan fingerprint density at radius 2 is 2.30 bits per heavy atom. The minimum Gasteiger partial charge on any atom is -0.502 e. The molecule has 1 rings (SSSR count). The van der Waals surface area contributed by atoms with Gasteiger partial charge in [0.05, 0.1) is 0 Å². The van der Waals surface area contributed by atoms with Crippen LogP contribution in [-0.2, 0) is 6.42 Å². The molecule has 0 aliphatic heterocycles. The number of aromatic hydroxyl groups is 2. The van der Waals surface area contributed by atoms with Gasteiger partial charge in [0.2, 0.25) is 0 Å². The summed E-state index contributed by atoms with van der Waals surface area (Å²) in [6.07, 6.45) is 3.10. The molecule has 0 spiro atoms. The highest BCUT2D eigenvalue weighted by molar-refractivity contribution is 5.38. The fourth-order valence-electron chi connectivity index (χ4n) is 0.657. The molecular formula is C7H8O3. The molecule has 0 atom stereocenters. The standard InChI is InChI=1S/C7H8O3/c1-2-3-6-7(9)5(8)4-10-6/h2,4,8-9H,1,3H2. The van der Waals surface area contributed by atoms with Crippen LogP contribution in [0.4, 0.5) is 0 Å². The smallest absolute Gasteiger partial charge is 0.200 e. The van der Waals surface area contributed by atoms with E-state index in [4.69, 9.17) is 14.6 Å². The van der Waals surface area contributed by atoms with Crippen molar-refractivity contribution in [1.29, 1.82) is 0 Å². The van der Waals surface area contributed by atoms with Gasteiger partial charge in [-0.2, -0.15) is 0 Å². The van der Waals surface area contributed by atoms with E-state index in [1.807, 2.05) is 0 Å². The molecule has 0 bridgehead atoms. The van der Waals surface area contributed by atoms with Crippen LogP contribution >= 0.6 is 0 Å². The number of furan rings is 1. The highest BCUT2D eigenvalue weighted by atomic mass is 16.4. The van der Waals surface area contributed by atoms with Crippen LogP contribution in [0.25, 0.3) is 0 Å². The molecule has 1 aromatic heterocycles. The molecule has 0 fully saturated rings. The first-order valence-electron chi connectivity index (χ1n) is 2.85. The normalized spacial score (nSPS) is 9.60. The molecule has 0 saturated heterocycles. The van der Waals surface area contributed by atoms with E-state index in [-0.39, 0.29) is 11.5 Å².